The molecule has 1 aliphatic heterocycles. The average molecular weight is 851 g/mol. The number of H-pyrrole nitrogens is 1. The van der Waals surface area contributed by atoms with E-state index in [1.807, 2.05) is 105 Å². The Morgan fingerprint density at radius 2 is 1.56 bits per heavy atom. The second kappa shape index (κ2) is 20.8. The van der Waals surface area contributed by atoms with Crippen LogP contribution in [0, 0.1) is 13.8 Å². The number of piperidine rings is 1. The molecule has 326 valence electrons. The van der Waals surface area contributed by atoms with Crippen LogP contribution in [0.3, 0.4) is 0 Å². The van der Waals surface area contributed by atoms with E-state index in [0.717, 1.165) is 57.7 Å². The molecule has 1 atom stereocenters. The molecule has 7 N–H and O–H groups in total. The second-order valence-electron chi connectivity index (χ2n) is 16.1. The minimum absolute atomic E-state index is 0.0572. The fraction of sp³-hybridized carbons (Fsp3) is 0.280. The fourth-order valence-corrected chi connectivity index (χ4v) is 7.99. The van der Waals surface area contributed by atoms with Gasteiger partial charge in [-0.1, -0.05) is 84.9 Å². The number of aromatic hydroxyl groups is 1. The first-order chi connectivity index (χ1) is 30.5. The summed E-state index contributed by atoms with van der Waals surface area (Å²) in [6.07, 6.45) is 0.359. The molecule has 0 unspecified atom stereocenters. The summed E-state index contributed by atoms with van der Waals surface area (Å²) in [5.74, 6) is -0.272. The van der Waals surface area contributed by atoms with Crippen molar-refractivity contribution in [2.45, 2.75) is 64.8 Å². The van der Waals surface area contributed by atoms with Gasteiger partial charge in [-0.05, 0) is 89.9 Å². The van der Waals surface area contributed by atoms with Crippen LogP contribution in [0.5, 0.6) is 5.75 Å². The monoisotopic (exact) mass is 850 g/mol. The highest BCUT2D eigenvalue weighted by atomic mass is 16.6. The molecule has 0 aliphatic carbocycles. The lowest BCUT2D eigenvalue weighted by atomic mass is 10.0. The Morgan fingerprint density at radius 3 is 2.37 bits per heavy atom. The molecule has 63 heavy (non-hydrogen) atoms. The van der Waals surface area contributed by atoms with Crippen LogP contribution in [0.1, 0.15) is 58.7 Å². The SMILES string of the molecule is Cc1cc(NC(=O)Cc2cccc(CNC(=O)CCN3CCC(OC(=O)Nc4ccccc4-c4ccccc4)CC3)c2)c(C)cc1CNC[C@@H](O)c1ccc(O)c2[nH]c(=O)ccc12. The number of nitrogens with one attached hydrogen (secondary N) is 5. The summed E-state index contributed by atoms with van der Waals surface area (Å²) in [6.45, 7) is 7.05. The van der Waals surface area contributed by atoms with Crippen LogP contribution in [-0.4, -0.2) is 70.3 Å². The lowest BCUT2D eigenvalue weighted by Gasteiger charge is -2.31. The Labute approximate surface area is 366 Å². The summed E-state index contributed by atoms with van der Waals surface area (Å²) >= 11 is 0. The van der Waals surface area contributed by atoms with Crippen molar-refractivity contribution < 1.29 is 29.3 Å². The van der Waals surface area contributed by atoms with Gasteiger partial charge in [-0.2, -0.15) is 0 Å². The van der Waals surface area contributed by atoms with Crippen LogP contribution >= 0.6 is 0 Å². The van der Waals surface area contributed by atoms with E-state index in [9.17, 15) is 29.4 Å². The van der Waals surface area contributed by atoms with Gasteiger partial charge in [0.05, 0.1) is 23.7 Å². The molecule has 0 spiro atoms. The van der Waals surface area contributed by atoms with Gasteiger partial charge in [-0.15, -0.1) is 0 Å². The van der Waals surface area contributed by atoms with Gasteiger partial charge in [0.2, 0.25) is 17.4 Å². The van der Waals surface area contributed by atoms with Gasteiger partial charge in [0.25, 0.3) is 0 Å². The zero-order chi connectivity index (χ0) is 44.3. The number of pyridine rings is 1. The zero-order valence-corrected chi connectivity index (χ0v) is 35.6. The predicted octanol–water partition coefficient (Wildman–Crippen LogP) is 7.24. The molecule has 1 saturated heterocycles. The molecule has 1 aromatic heterocycles. The normalized spacial score (nSPS) is 13.6. The number of carbonyl (C=O) groups is 3. The third-order valence-corrected chi connectivity index (χ3v) is 11.4. The molecule has 6 aromatic rings. The lowest BCUT2D eigenvalue weighted by molar-refractivity contribution is -0.121. The van der Waals surface area contributed by atoms with Crippen molar-refractivity contribution in [1.29, 1.82) is 0 Å². The standard InChI is InChI=1S/C50H54N6O7/c1-32-26-43(33(2)25-37(32)30-51-31-45(58)40-15-17-44(57)49-41(40)16-18-47(60)55-49)53-48(61)28-34-9-8-10-35(27-34)29-52-46(59)21-24-56-22-19-38(20-23-56)63-50(62)54-42-14-7-6-13-39(42)36-11-4-3-5-12-36/h3-18,25-27,38,45,51,57-58H,19-24,28-31H2,1-2H3,(H,52,59)(H,53,61)(H,54,62)(H,55,60)/t45-/m1/s1. The first-order valence-electron chi connectivity index (χ1n) is 21.3. The average Bonchev–Trinajstić information content (AvgIpc) is 3.28. The number of likely N-dealkylation sites (tertiary alicyclic amines) is 1. The van der Waals surface area contributed by atoms with Crippen molar-refractivity contribution in [3.05, 3.63) is 159 Å². The molecule has 0 bridgehead atoms. The maximum Gasteiger partial charge on any atom is 0.411 e. The number of aryl methyl sites for hydroxylation is 2. The molecule has 1 fully saturated rings. The third kappa shape index (κ3) is 12.0. The van der Waals surface area contributed by atoms with E-state index in [4.69, 9.17) is 4.74 Å². The van der Waals surface area contributed by atoms with Crippen molar-refractivity contribution >= 4 is 40.2 Å². The zero-order valence-electron chi connectivity index (χ0n) is 35.6. The first-order valence-corrected chi connectivity index (χ1v) is 21.3. The van der Waals surface area contributed by atoms with Crippen molar-refractivity contribution in [3.63, 3.8) is 0 Å². The maximum atomic E-state index is 13.2. The molecule has 13 nitrogen and oxygen atoms in total. The summed E-state index contributed by atoms with van der Waals surface area (Å²) < 4.78 is 5.77. The molecular weight excluding hydrogens is 797 g/mol. The van der Waals surface area contributed by atoms with Crippen LogP contribution in [-0.2, 0) is 33.8 Å². The first kappa shape index (κ1) is 44.3. The number of benzene rings is 5. The Bertz CT molecular complexity index is 2620. The fourth-order valence-electron chi connectivity index (χ4n) is 7.99. The number of hydrogen-bond donors (Lipinski definition) is 7. The number of fused-ring (bicyclic) bond motifs is 1. The van der Waals surface area contributed by atoms with E-state index in [1.165, 1.54) is 12.1 Å². The van der Waals surface area contributed by atoms with E-state index in [0.29, 0.717) is 55.5 Å². The number of amides is 3. The Balaban J connectivity index is 0.806. The highest BCUT2D eigenvalue weighted by Crippen LogP contribution is 2.30. The highest BCUT2D eigenvalue weighted by Gasteiger charge is 2.23. The molecule has 7 rings (SSSR count). The molecule has 1 aliphatic rings. The van der Waals surface area contributed by atoms with Crippen LogP contribution in [0.15, 0.2) is 120 Å². The Kier molecular flexibility index (Phi) is 14.6. The molecule has 0 radical (unpaired) electrons. The number of aliphatic hydroxyl groups is 1. The smallest absolute Gasteiger partial charge is 0.411 e. The third-order valence-electron chi connectivity index (χ3n) is 11.4. The van der Waals surface area contributed by atoms with E-state index >= 15 is 0 Å². The topological polar surface area (TPSA) is 185 Å². The quantitative estimate of drug-likeness (QED) is 0.0528. The molecule has 5 aromatic carbocycles. The number of aromatic amines is 1. The Hall–Kier alpha value is -6.80. The number of rotatable bonds is 16. The van der Waals surface area contributed by atoms with Crippen LogP contribution < -0.4 is 26.8 Å². The van der Waals surface area contributed by atoms with Gasteiger partial charge in [0.15, 0.2) is 0 Å². The van der Waals surface area contributed by atoms with Crippen molar-refractivity contribution in [2.24, 2.45) is 0 Å². The van der Waals surface area contributed by atoms with Gasteiger partial charge in [-0.3, -0.25) is 19.7 Å². The van der Waals surface area contributed by atoms with Gasteiger partial charge in [0.1, 0.15) is 11.9 Å². The minimum atomic E-state index is -0.880. The van der Waals surface area contributed by atoms with Crippen LogP contribution in [0.25, 0.3) is 22.0 Å². The summed E-state index contributed by atoms with van der Waals surface area (Å²) in [5.41, 5.74) is 8.52. The number of nitrogens with zero attached hydrogens (tertiary/aromatic N) is 1. The lowest BCUT2D eigenvalue weighted by Crippen LogP contribution is -2.40. The number of aliphatic hydroxyl groups excluding tert-OH is 1. The summed E-state index contributed by atoms with van der Waals surface area (Å²) in [5, 5.41) is 34.0. The maximum absolute atomic E-state index is 13.2. The van der Waals surface area contributed by atoms with Crippen LogP contribution in [0.4, 0.5) is 16.2 Å². The number of anilines is 2. The molecule has 0 saturated carbocycles. The van der Waals surface area contributed by atoms with E-state index < -0.39 is 12.2 Å². The number of hydrogen-bond acceptors (Lipinski definition) is 9. The van der Waals surface area contributed by atoms with Gasteiger partial charge >= 0.3 is 6.09 Å². The second-order valence-corrected chi connectivity index (χ2v) is 16.1. The summed E-state index contributed by atoms with van der Waals surface area (Å²) in [7, 11) is 0. The van der Waals surface area contributed by atoms with Gasteiger partial charge < -0.3 is 40.8 Å². The minimum Gasteiger partial charge on any atom is -0.506 e. The number of phenols is 1. The number of aromatic nitrogens is 1. The predicted molar refractivity (Wildman–Crippen MR) is 245 cm³/mol. The highest BCUT2D eigenvalue weighted by molar-refractivity contribution is 5.93. The van der Waals surface area contributed by atoms with E-state index in [1.54, 1.807) is 12.1 Å². The summed E-state index contributed by atoms with van der Waals surface area (Å²) in [4.78, 5) is 55.4. The largest absolute Gasteiger partial charge is 0.506 e. The summed E-state index contributed by atoms with van der Waals surface area (Å²) in [6, 6.07) is 35.2. The van der Waals surface area contributed by atoms with Crippen molar-refractivity contribution in [1.82, 2.24) is 20.5 Å². The van der Waals surface area contributed by atoms with E-state index in [-0.39, 0.29) is 47.7 Å². The van der Waals surface area contributed by atoms with E-state index in [2.05, 4.69) is 31.2 Å². The van der Waals surface area contributed by atoms with Crippen molar-refractivity contribution in [2.75, 3.05) is 36.8 Å². The molecule has 2 heterocycles. The van der Waals surface area contributed by atoms with Crippen molar-refractivity contribution in [3.8, 4) is 16.9 Å². The molecular formula is C50H54N6O7. The number of carbonyl (C=O) groups excluding carboxylic acids is 3. The Morgan fingerprint density at radius 1 is 0.794 bits per heavy atom. The number of ether oxygens (including phenoxy) is 1. The van der Waals surface area contributed by atoms with Gasteiger partial charge in [-0.25, -0.2) is 4.79 Å². The van der Waals surface area contributed by atoms with Crippen LogP contribution in [0.2, 0.25) is 0 Å². The number of para-hydroxylation sites is 1. The molecule has 3 amide bonds. The molecule has 13 heteroatoms. The van der Waals surface area contributed by atoms with Gasteiger partial charge in [0, 0.05) is 68.4 Å². The number of phenolic OH excluding ortho intramolecular Hbond substituents is 1.